The van der Waals surface area contributed by atoms with Crippen LogP contribution < -0.4 is 5.32 Å². The monoisotopic (exact) mass is 1110 g/mol. The predicted octanol–water partition coefficient (Wildman–Crippen LogP) is 23.1. The van der Waals surface area contributed by atoms with Crippen LogP contribution in [0, 0.1) is 0 Å². The van der Waals surface area contributed by atoms with E-state index in [4.69, 9.17) is 4.74 Å². The number of nitrogens with one attached hydrogen (secondary N) is 1. The summed E-state index contributed by atoms with van der Waals surface area (Å²) >= 11 is 0. The molecule has 0 spiro atoms. The van der Waals surface area contributed by atoms with Crippen molar-refractivity contribution in [1.29, 1.82) is 0 Å². The minimum absolute atomic E-state index is 0.00267. The number of unbranched alkanes of at least 4 members (excludes halogenated alkanes) is 52. The molecule has 6 heteroatoms. The van der Waals surface area contributed by atoms with Gasteiger partial charge in [-0.05, 0) is 57.8 Å². The first kappa shape index (κ1) is 77.1. The minimum Gasteiger partial charge on any atom is -0.466 e. The third-order valence-electron chi connectivity index (χ3n) is 16.7. The molecule has 466 valence electrons. The van der Waals surface area contributed by atoms with Gasteiger partial charge in [0.15, 0.2) is 0 Å². The third kappa shape index (κ3) is 65.1. The third-order valence-corrected chi connectivity index (χ3v) is 16.7. The van der Waals surface area contributed by atoms with Gasteiger partial charge in [0.2, 0.25) is 5.91 Å². The molecule has 0 aromatic rings. The number of carbonyl (C=O) groups excluding carboxylic acids is 2. The van der Waals surface area contributed by atoms with Crippen LogP contribution in [0.4, 0.5) is 0 Å². The second-order valence-corrected chi connectivity index (χ2v) is 24.6. The van der Waals surface area contributed by atoms with E-state index in [1.54, 1.807) is 6.08 Å². The standard InChI is InChI=1S/C73H139NO5/c1-3-5-7-9-11-13-15-17-19-20-21-22-29-32-35-38-41-45-49-53-57-61-65-71(76)70(69-75)74-72(77)66-62-58-54-50-46-42-39-36-33-30-27-25-23-24-26-28-31-34-37-40-44-48-52-56-60-64-68-79-73(78)67-63-59-55-51-47-43-18-16-14-12-10-8-6-4-2/h10,12,16,18,61,65,70-71,75-76H,3-9,11,13-15,17,19-60,62-64,66-69H2,1-2H3,(H,74,77)/b12-10-,18-16-,65-61+. The van der Waals surface area contributed by atoms with Gasteiger partial charge in [-0.2, -0.15) is 0 Å². The molecule has 0 aliphatic rings. The zero-order valence-electron chi connectivity index (χ0n) is 53.4. The highest BCUT2D eigenvalue weighted by Crippen LogP contribution is 2.19. The minimum atomic E-state index is -0.844. The first-order valence-electron chi connectivity index (χ1n) is 35.8. The predicted molar refractivity (Wildman–Crippen MR) is 347 cm³/mol. The van der Waals surface area contributed by atoms with Crippen molar-refractivity contribution in [2.24, 2.45) is 0 Å². The van der Waals surface area contributed by atoms with Crippen LogP contribution in [0.5, 0.6) is 0 Å². The van der Waals surface area contributed by atoms with E-state index in [-0.39, 0.29) is 18.5 Å². The Bertz CT molecular complexity index is 1280. The molecule has 0 rings (SSSR count). The average Bonchev–Trinajstić information content (AvgIpc) is 3.45. The maximum atomic E-state index is 12.5. The van der Waals surface area contributed by atoms with E-state index in [2.05, 4.69) is 43.5 Å². The number of aliphatic hydroxyl groups is 2. The van der Waals surface area contributed by atoms with Gasteiger partial charge in [-0.3, -0.25) is 9.59 Å². The van der Waals surface area contributed by atoms with Gasteiger partial charge >= 0.3 is 5.97 Å². The van der Waals surface area contributed by atoms with E-state index in [0.717, 1.165) is 51.4 Å². The number of hydrogen-bond donors (Lipinski definition) is 3. The maximum absolute atomic E-state index is 12.5. The molecule has 0 saturated carbocycles. The van der Waals surface area contributed by atoms with Crippen molar-refractivity contribution in [2.45, 2.75) is 405 Å². The Balaban J connectivity index is 3.39. The fourth-order valence-corrected chi connectivity index (χ4v) is 11.2. The number of allylic oxidation sites excluding steroid dienone is 5. The van der Waals surface area contributed by atoms with E-state index in [1.165, 1.54) is 315 Å². The molecule has 6 nitrogen and oxygen atoms in total. The number of aliphatic hydroxyl groups excluding tert-OH is 2. The largest absolute Gasteiger partial charge is 0.466 e. The van der Waals surface area contributed by atoms with E-state index < -0.39 is 12.1 Å². The SMILES string of the molecule is CCCC/C=C\C/C=C\CCCCCCCC(=O)OCCCCCCCCCCCCCCCCCCCCCCCCCCCCC(=O)NC(CO)C(O)/C=C/CCCCCCCCCCCCCCCCCCCCCC. The molecule has 0 aliphatic carbocycles. The molecule has 3 N–H and O–H groups in total. The molecule has 1 amide bonds. The van der Waals surface area contributed by atoms with E-state index in [1.807, 2.05) is 6.08 Å². The van der Waals surface area contributed by atoms with Gasteiger partial charge in [0.1, 0.15) is 0 Å². The number of hydrogen-bond acceptors (Lipinski definition) is 5. The van der Waals surface area contributed by atoms with Crippen LogP contribution in [0.2, 0.25) is 0 Å². The second-order valence-electron chi connectivity index (χ2n) is 24.6. The summed E-state index contributed by atoms with van der Waals surface area (Å²) in [6.07, 6.45) is 88.0. The van der Waals surface area contributed by atoms with Crippen LogP contribution >= 0.6 is 0 Å². The topological polar surface area (TPSA) is 95.9 Å². The zero-order valence-corrected chi connectivity index (χ0v) is 53.4. The first-order valence-corrected chi connectivity index (χ1v) is 35.8. The summed E-state index contributed by atoms with van der Waals surface area (Å²) in [5.74, 6) is -0.0592. The molecular weight excluding hydrogens is 971 g/mol. The van der Waals surface area contributed by atoms with Crippen molar-refractivity contribution in [3.63, 3.8) is 0 Å². The van der Waals surface area contributed by atoms with Crippen LogP contribution in [0.15, 0.2) is 36.5 Å². The Hall–Kier alpha value is -1.92. The van der Waals surface area contributed by atoms with Gasteiger partial charge in [-0.1, -0.05) is 359 Å². The number of amides is 1. The second kappa shape index (κ2) is 68.6. The van der Waals surface area contributed by atoms with E-state index in [9.17, 15) is 19.8 Å². The molecule has 0 heterocycles. The summed E-state index contributed by atoms with van der Waals surface area (Å²) in [4.78, 5) is 24.6. The summed E-state index contributed by atoms with van der Waals surface area (Å²) in [6, 6.07) is -0.628. The van der Waals surface area contributed by atoms with Crippen molar-refractivity contribution in [2.75, 3.05) is 13.2 Å². The summed E-state index contributed by atoms with van der Waals surface area (Å²) in [7, 11) is 0. The Morgan fingerprint density at radius 1 is 0.354 bits per heavy atom. The highest BCUT2D eigenvalue weighted by Gasteiger charge is 2.18. The van der Waals surface area contributed by atoms with Gasteiger partial charge < -0.3 is 20.3 Å². The molecule has 2 atom stereocenters. The van der Waals surface area contributed by atoms with Gasteiger partial charge in [0.05, 0.1) is 25.4 Å². The van der Waals surface area contributed by atoms with Gasteiger partial charge in [-0.15, -0.1) is 0 Å². The van der Waals surface area contributed by atoms with Crippen LogP contribution in [-0.2, 0) is 14.3 Å². The van der Waals surface area contributed by atoms with Gasteiger partial charge in [-0.25, -0.2) is 0 Å². The highest BCUT2D eigenvalue weighted by atomic mass is 16.5. The molecule has 0 fully saturated rings. The maximum Gasteiger partial charge on any atom is 0.305 e. The molecule has 0 saturated heterocycles. The molecular formula is C73H139NO5. The van der Waals surface area contributed by atoms with Crippen LogP contribution in [0.3, 0.4) is 0 Å². The van der Waals surface area contributed by atoms with Crippen LogP contribution in [0.25, 0.3) is 0 Å². The van der Waals surface area contributed by atoms with Crippen LogP contribution in [0.1, 0.15) is 393 Å². The fraction of sp³-hybridized carbons (Fsp3) is 0.890. The molecule has 79 heavy (non-hydrogen) atoms. The molecule has 0 aromatic heterocycles. The number of rotatable bonds is 67. The summed E-state index contributed by atoms with van der Waals surface area (Å²) in [6.45, 7) is 4.89. The fourth-order valence-electron chi connectivity index (χ4n) is 11.2. The van der Waals surface area contributed by atoms with Crippen molar-refractivity contribution < 1.29 is 24.5 Å². The summed E-state index contributed by atoms with van der Waals surface area (Å²) in [5.41, 5.74) is 0. The lowest BCUT2D eigenvalue weighted by Crippen LogP contribution is -2.45. The van der Waals surface area contributed by atoms with Gasteiger partial charge in [0.25, 0.3) is 0 Å². The van der Waals surface area contributed by atoms with Crippen molar-refractivity contribution in [3.8, 4) is 0 Å². The Morgan fingerprint density at radius 2 is 0.646 bits per heavy atom. The molecule has 2 unspecified atom stereocenters. The summed E-state index contributed by atoms with van der Waals surface area (Å²) in [5, 5.41) is 23.3. The van der Waals surface area contributed by atoms with Gasteiger partial charge in [0, 0.05) is 12.8 Å². The van der Waals surface area contributed by atoms with Crippen LogP contribution in [-0.4, -0.2) is 47.4 Å². The lowest BCUT2D eigenvalue weighted by Gasteiger charge is -2.20. The molecule has 0 radical (unpaired) electrons. The van der Waals surface area contributed by atoms with Crippen molar-refractivity contribution >= 4 is 11.9 Å². The van der Waals surface area contributed by atoms with Crippen molar-refractivity contribution in [1.82, 2.24) is 5.32 Å². The molecule has 0 aliphatic heterocycles. The number of esters is 1. The van der Waals surface area contributed by atoms with E-state index >= 15 is 0 Å². The van der Waals surface area contributed by atoms with Crippen molar-refractivity contribution in [3.05, 3.63) is 36.5 Å². The number of carbonyl (C=O) groups is 2. The summed E-state index contributed by atoms with van der Waals surface area (Å²) < 4.78 is 5.48. The zero-order chi connectivity index (χ0) is 57.1. The lowest BCUT2D eigenvalue weighted by molar-refractivity contribution is -0.143. The normalized spacial score (nSPS) is 12.7. The average molecular weight is 1110 g/mol. The lowest BCUT2D eigenvalue weighted by atomic mass is 10.0. The quantitative estimate of drug-likeness (QED) is 0.0320. The molecule has 0 aromatic carbocycles. The molecule has 0 bridgehead atoms. The highest BCUT2D eigenvalue weighted by molar-refractivity contribution is 5.76. The Labute approximate surface area is 494 Å². The Kier molecular flexibility index (Phi) is 66.9. The number of ether oxygens (including phenoxy) is 1. The van der Waals surface area contributed by atoms with E-state index in [0.29, 0.717) is 19.4 Å². The Morgan fingerprint density at radius 3 is 1.00 bits per heavy atom. The first-order chi connectivity index (χ1) is 39.0. The smallest absolute Gasteiger partial charge is 0.305 e.